The van der Waals surface area contributed by atoms with Gasteiger partial charge >= 0.3 is 0 Å². The van der Waals surface area contributed by atoms with E-state index in [4.69, 9.17) is 15.4 Å². The lowest BCUT2D eigenvalue weighted by molar-refractivity contribution is -0.105. The van der Waals surface area contributed by atoms with E-state index in [0.717, 1.165) is 75.9 Å². The third kappa shape index (κ3) is 6.09. The van der Waals surface area contributed by atoms with Gasteiger partial charge in [0.15, 0.2) is 5.54 Å². The molecule has 0 radical (unpaired) electrons. The second-order valence-electron chi connectivity index (χ2n) is 12.5. The first-order valence-corrected chi connectivity index (χ1v) is 17.0. The van der Waals surface area contributed by atoms with Crippen LogP contribution in [0.2, 0.25) is 0 Å². The molecule has 1 aromatic heterocycles. The van der Waals surface area contributed by atoms with Crippen LogP contribution in [0, 0.1) is 0 Å². The van der Waals surface area contributed by atoms with E-state index in [2.05, 4.69) is 133 Å². The van der Waals surface area contributed by atoms with Gasteiger partial charge in [-0.1, -0.05) is 153 Å². The van der Waals surface area contributed by atoms with Crippen LogP contribution >= 0.6 is 0 Å². The van der Waals surface area contributed by atoms with E-state index in [0.29, 0.717) is 12.2 Å². The van der Waals surface area contributed by atoms with Gasteiger partial charge in [-0.15, -0.1) is 15.0 Å². The second kappa shape index (κ2) is 14.2. The van der Waals surface area contributed by atoms with Gasteiger partial charge in [0.1, 0.15) is 6.29 Å². The summed E-state index contributed by atoms with van der Waals surface area (Å²) in [6.45, 7) is 5.18. The van der Waals surface area contributed by atoms with Gasteiger partial charge in [-0.2, -0.15) is 0 Å². The van der Waals surface area contributed by atoms with Crippen LogP contribution in [0.4, 0.5) is 0 Å². The van der Waals surface area contributed by atoms with Crippen molar-refractivity contribution < 1.29 is 4.79 Å². The number of hydrogen-bond acceptors (Lipinski definition) is 6. The highest BCUT2D eigenvalue weighted by atomic mass is 16.1. The molecule has 1 aliphatic rings. The second-order valence-corrected chi connectivity index (χ2v) is 12.5. The fourth-order valence-corrected chi connectivity index (χ4v) is 6.93. The van der Waals surface area contributed by atoms with Gasteiger partial charge in [0, 0.05) is 29.8 Å². The van der Waals surface area contributed by atoms with Crippen molar-refractivity contribution in [2.45, 2.75) is 44.7 Å². The Bertz CT molecular complexity index is 1940. The first-order chi connectivity index (χ1) is 24.1. The average molecular weight is 645 g/mol. The van der Waals surface area contributed by atoms with Gasteiger partial charge in [0.25, 0.3) is 0 Å². The molecule has 2 heterocycles. The van der Waals surface area contributed by atoms with E-state index in [1.54, 1.807) is 4.80 Å². The highest BCUT2D eigenvalue weighted by molar-refractivity contribution is 5.80. The van der Waals surface area contributed by atoms with Crippen LogP contribution in [0.25, 0.3) is 22.5 Å². The maximum Gasteiger partial charge on any atom is 0.205 e. The molecule has 0 fully saturated rings. The van der Waals surface area contributed by atoms with Crippen LogP contribution in [0.3, 0.4) is 0 Å². The molecule has 0 saturated heterocycles. The maximum atomic E-state index is 12.0. The number of carbonyl (C=O) groups excluding carboxylic acids is 1. The van der Waals surface area contributed by atoms with Crippen LogP contribution in [0.5, 0.6) is 0 Å². The minimum atomic E-state index is -0.849. The third-order valence-corrected chi connectivity index (χ3v) is 9.53. The van der Waals surface area contributed by atoms with Crippen LogP contribution in [-0.4, -0.2) is 44.1 Å². The number of aromatic nitrogens is 4. The molecule has 0 spiro atoms. The van der Waals surface area contributed by atoms with Crippen molar-refractivity contribution in [2.24, 2.45) is 0 Å². The molecule has 6 aromatic rings. The van der Waals surface area contributed by atoms with Crippen molar-refractivity contribution in [1.82, 2.24) is 30.6 Å². The number of unbranched alkanes of at least 4 members (excludes halogenated alkanes) is 1. The Morgan fingerprint density at radius 1 is 0.735 bits per heavy atom. The van der Waals surface area contributed by atoms with Crippen molar-refractivity contribution in [2.75, 3.05) is 6.54 Å². The SMILES string of the molecule is CCCCN1NC(Cc2ccc(-c3ccccc3-c3nnn(C(c4ccccc4)(c4ccccc4)c4ccccc4)n3)cc2)=C(C=O)C1C. The molecule has 1 aliphatic heterocycles. The molecule has 7 heteroatoms. The average Bonchev–Trinajstić information content (AvgIpc) is 3.77. The van der Waals surface area contributed by atoms with E-state index in [1.807, 2.05) is 30.3 Å². The van der Waals surface area contributed by atoms with Crippen molar-refractivity contribution in [3.05, 3.63) is 173 Å². The Labute approximate surface area is 287 Å². The maximum absolute atomic E-state index is 12.0. The lowest BCUT2D eigenvalue weighted by Gasteiger charge is -2.34. The minimum Gasteiger partial charge on any atom is -0.322 e. The highest BCUT2D eigenvalue weighted by Gasteiger charge is 2.41. The van der Waals surface area contributed by atoms with Gasteiger partial charge in [-0.25, -0.2) is 5.01 Å². The van der Waals surface area contributed by atoms with E-state index in [-0.39, 0.29) is 6.04 Å². The number of benzene rings is 5. The normalized spacial score (nSPS) is 14.9. The monoisotopic (exact) mass is 644 g/mol. The standard InChI is InChI=1S/C42H40N6O/c1-3-4-28-47-31(2)39(30-49)40(44-47)29-32-24-26-33(27-25-32)37-22-14-15-23-38(37)41-43-46-48(45-41)42(34-16-8-5-9-17-34,35-18-10-6-11-19-35)36-20-12-7-13-21-36/h5-27,30-31,44H,3-4,28-29H2,1-2H3. The number of hydrogen-bond donors (Lipinski definition) is 1. The minimum absolute atomic E-state index is 0.0653. The van der Waals surface area contributed by atoms with Gasteiger partial charge in [-0.05, 0) is 51.9 Å². The summed E-state index contributed by atoms with van der Waals surface area (Å²) in [5, 5.41) is 16.8. The molecule has 49 heavy (non-hydrogen) atoms. The fourth-order valence-electron chi connectivity index (χ4n) is 6.93. The van der Waals surface area contributed by atoms with E-state index < -0.39 is 5.54 Å². The number of rotatable bonds is 12. The summed E-state index contributed by atoms with van der Waals surface area (Å²) in [5.41, 5.74) is 11.7. The molecule has 0 saturated carbocycles. The lowest BCUT2D eigenvalue weighted by atomic mass is 9.77. The van der Waals surface area contributed by atoms with Gasteiger partial charge in [0.2, 0.25) is 5.82 Å². The molecule has 0 aliphatic carbocycles. The number of aldehydes is 1. The Morgan fingerprint density at radius 2 is 1.29 bits per heavy atom. The van der Waals surface area contributed by atoms with Gasteiger partial charge < -0.3 is 5.43 Å². The summed E-state index contributed by atoms with van der Waals surface area (Å²) < 4.78 is 0. The van der Waals surface area contributed by atoms with Gasteiger partial charge in [-0.3, -0.25) is 4.79 Å². The van der Waals surface area contributed by atoms with Crippen LogP contribution in [-0.2, 0) is 16.8 Å². The topological polar surface area (TPSA) is 75.9 Å². The quantitative estimate of drug-likeness (QED) is 0.108. The van der Waals surface area contributed by atoms with E-state index >= 15 is 0 Å². The Balaban J connectivity index is 1.25. The predicted octanol–water partition coefficient (Wildman–Crippen LogP) is 7.85. The Kier molecular flexibility index (Phi) is 9.26. The number of hydrazine groups is 1. The van der Waals surface area contributed by atoms with Crippen molar-refractivity contribution in [1.29, 1.82) is 0 Å². The molecule has 7 rings (SSSR count). The summed E-state index contributed by atoms with van der Waals surface area (Å²) >= 11 is 0. The zero-order valence-corrected chi connectivity index (χ0v) is 27.9. The molecule has 1 atom stereocenters. The number of tetrazole rings is 1. The molecule has 5 aromatic carbocycles. The van der Waals surface area contributed by atoms with E-state index in [9.17, 15) is 4.79 Å². The summed E-state index contributed by atoms with van der Waals surface area (Å²) in [7, 11) is 0. The summed E-state index contributed by atoms with van der Waals surface area (Å²) in [5.74, 6) is 0.545. The number of nitrogens with one attached hydrogen (secondary N) is 1. The van der Waals surface area contributed by atoms with Crippen LogP contribution in [0.15, 0.2) is 151 Å². The van der Waals surface area contributed by atoms with Crippen molar-refractivity contribution >= 4 is 6.29 Å². The summed E-state index contributed by atoms with van der Waals surface area (Å²) in [6, 6.07) is 47.9. The lowest BCUT2D eigenvalue weighted by Crippen LogP contribution is -2.39. The van der Waals surface area contributed by atoms with Crippen LogP contribution < -0.4 is 5.43 Å². The largest absolute Gasteiger partial charge is 0.322 e. The first kappa shape index (κ1) is 31.9. The zero-order valence-electron chi connectivity index (χ0n) is 27.9. The van der Waals surface area contributed by atoms with Crippen molar-refractivity contribution in [3.63, 3.8) is 0 Å². The number of carbonyl (C=O) groups is 1. The highest BCUT2D eigenvalue weighted by Crippen LogP contribution is 2.40. The molecule has 1 unspecified atom stereocenters. The Morgan fingerprint density at radius 3 is 1.84 bits per heavy atom. The molecule has 244 valence electrons. The predicted molar refractivity (Wildman–Crippen MR) is 194 cm³/mol. The molecular formula is C42H40N6O. The summed E-state index contributed by atoms with van der Waals surface area (Å²) in [4.78, 5) is 13.8. The molecule has 0 bridgehead atoms. The number of nitrogens with zero attached hydrogens (tertiary/aromatic N) is 5. The molecule has 7 nitrogen and oxygen atoms in total. The molecule has 1 N–H and O–H groups in total. The van der Waals surface area contributed by atoms with Gasteiger partial charge in [0.05, 0.1) is 6.04 Å². The van der Waals surface area contributed by atoms with E-state index in [1.165, 1.54) is 0 Å². The van der Waals surface area contributed by atoms with Crippen LogP contribution in [0.1, 0.15) is 48.9 Å². The third-order valence-electron chi connectivity index (χ3n) is 9.53. The first-order valence-electron chi connectivity index (χ1n) is 17.0. The summed E-state index contributed by atoms with van der Waals surface area (Å²) in [6.07, 6.45) is 3.86. The zero-order chi connectivity index (χ0) is 33.6. The fraction of sp³-hybridized carbons (Fsp3) is 0.190. The molecule has 0 amide bonds. The van der Waals surface area contributed by atoms with Crippen molar-refractivity contribution in [3.8, 4) is 22.5 Å². The molecular weight excluding hydrogens is 605 g/mol. The smallest absolute Gasteiger partial charge is 0.205 e. The number of allylic oxidation sites excluding steroid dienone is 1. The Hall–Kier alpha value is -5.66.